The van der Waals surface area contributed by atoms with Gasteiger partial charge in [0.25, 0.3) is 5.91 Å². The fourth-order valence-corrected chi connectivity index (χ4v) is 4.33. The molecule has 2 N–H and O–H groups in total. The number of fused-ring (bicyclic) bond motifs is 1. The van der Waals surface area contributed by atoms with E-state index in [0.717, 1.165) is 45.1 Å². The predicted octanol–water partition coefficient (Wildman–Crippen LogP) is 5.04. The lowest BCUT2D eigenvalue weighted by atomic mass is 9.99. The van der Waals surface area contributed by atoms with Gasteiger partial charge in [-0.2, -0.15) is 5.10 Å². The summed E-state index contributed by atoms with van der Waals surface area (Å²) in [6.07, 6.45) is 1.09. The molecule has 0 unspecified atom stereocenters. The third-order valence-corrected chi connectivity index (χ3v) is 6.17. The molecule has 1 amide bonds. The lowest BCUT2D eigenvalue weighted by molar-refractivity contribution is 0.0956. The van der Waals surface area contributed by atoms with Gasteiger partial charge in [0.05, 0.1) is 28.7 Å². The molecule has 1 heterocycles. The van der Waals surface area contributed by atoms with Gasteiger partial charge in [0.2, 0.25) is 10.0 Å². The van der Waals surface area contributed by atoms with E-state index in [0.29, 0.717) is 17.0 Å². The van der Waals surface area contributed by atoms with Gasteiger partial charge in [-0.3, -0.25) is 9.52 Å². The van der Waals surface area contributed by atoms with E-state index in [2.05, 4.69) is 27.4 Å². The number of hydrogen-bond acceptors (Lipinski definition) is 5. The van der Waals surface area contributed by atoms with Crippen molar-refractivity contribution in [1.82, 2.24) is 10.4 Å². The fraction of sp³-hybridized carbons (Fsp3) is 0.148. The first-order valence-corrected chi connectivity index (χ1v) is 12.9. The summed E-state index contributed by atoms with van der Waals surface area (Å²) in [4.78, 5) is 18.0. The van der Waals surface area contributed by atoms with Crippen molar-refractivity contribution in [2.24, 2.45) is 5.10 Å². The second-order valence-electron chi connectivity index (χ2n) is 8.48. The molecule has 0 bridgehead atoms. The number of nitrogens with one attached hydrogen (secondary N) is 2. The maximum atomic E-state index is 13.2. The number of hydrazone groups is 1. The highest BCUT2D eigenvalue weighted by molar-refractivity contribution is 7.92. The van der Waals surface area contributed by atoms with Crippen molar-refractivity contribution < 1.29 is 13.2 Å². The Morgan fingerprint density at radius 3 is 2.37 bits per heavy atom. The van der Waals surface area contributed by atoms with Gasteiger partial charge in [-0.15, -0.1) is 0 Å². The predicted molar refractivity (Wildman–Crippen MR) is 141 cm³/mol. The van der Waals surface area contributed by atoms with E-state index < -0.39 is 10.0 Å². The van der Waals surface area contributed by atoms with Crippen molar-refractivity contribution >= 4 is 38.2 Å². The van der Waals surface area contributed by atoms with Crippen molar-refractivity contribution in [2.45, 2.75) is 20.8 Å². The molecule has 178 valence electrons. The van der Waals surface area contributed by atoms with Crippen LogP contribution in [0.5, 0.6) is 0 Å². The first-order valence-electron chi connectivity index (χ1n) is 11.0. The molecule has 1 aromatic heterocycles. The van der Waals surface area contributed by atoms with Crippen LogP contribution in [0.3, 0.4) is 0 Å². The van der Waals surface area contributed by atoms with E-state index in [-0.39, 0.29) is 5.91 Å². The highest BCUT2D eigenvalue weighted by Gasteiger charge is 2.15. The van der Waals surface area contributed by atoms with Gasteiger partial charge in [0.1, 0.15) is 0 Å². The van der Waals surface area contributed by atoms with Gasteiger partial charge in [0.15, 0.2) is 0 Å². The molecule has 0 fully saturated rings. The van der Waals surface area contributed by atoms with E-state index in [1.807, 2.05) is 44.2 Å². The molecule has 0 aliphatic rings. The van der Waals surface area contributed by atoms with Gasteiger partial charge < -0.3 is 0 Å². The summed E-state index contributed by atoms with van der Waals surface area (Å²) in [6, 6.07) is 22.3. The van der Waals surface area contributed by atoms with E-state index in [1.54, 1.807) is 37.3 Å². The van der Waals surface area contributed by atoms with Crippen LogP contribution in [0.15, 0.2) is 77.9 Å². The Hall–Kier alpha value is -4.04. The minimum atomic E-state index is -3.35. The van der Waals surface area contributed by atoms with Crippen LogP contribution < -0.4 is 10.1 Å². The number of carbonyl (C=O) groups excluding carboxylic acids is 1. The average molecular weight is 487 g/mol. The van der Waals surface area contributed by atoms with Crippen LogP contribution in [0, 0.1) is 13.8 Å². The fourth-order valence-electron chi connectivity index (χ4n) is 3.77. The topological polar surface area (TPSA) is 101 Å². The zero-order valence-electron chi connectivity index (χ0n) is 20.0. The molecule has 0 aliphatic carbocycles. The number of rotatable bonds is 6. The second-order valence-corrected chi connectivity index (χ2v) is 10.2. The number of para-hydroxylation sites is 1. The van der Waals surface area contributed by atoms with Gasteiger partial charge in [-0.05, 0) is 62.2 Å². The van der Waals surface area contributed by atoms with Crippen LogP contribution in [0.2, 0.25) is 0 Å². The molecule has 0 aliphatic heterocycles. The molecule has 0 radical (unpaired) electrons. The lowest BCUT2D eigenvalue weighted by Gasteiger charge is -2.12. The summed E-state index contributed by atoms with van der Waals surface area (Å²) in [5, 5.41) is 5.01. The molecule has 0 spiro atoms. The first kappa shape index (κ1) is 24.1. The molecular weight excluding hydrogens is 460 g/mol. The minimum absolute atomic E-state index is 0.343. The number of sulfonamides is 1. The molecule has 8 heteroatoms. The normalized spacial score (nSPS) is 11.9. The van der Waals surface area contributed by atoms with Crippen LogP contribution in [0.4, 0.5) is 5.69 Å². The summed E-state index contributed by atoms with van der Waals surface area (Å²) in [6.45, 7) is 5.82. The maximum Gasteiger partial charge on any atom is 0.272 e. The van der Waals surface area contributed by atoms with Crippen LogP contribution in [-0.2, 0) is 10.0 Å². The number of hydrogen-bond donors (Lipinski definition) is 2. The molecule has 35 heavy (non-hydrogen) atoms. The summed E-state index contributed by atoms with van der Waals surface area (Å²) >= 11 is 0. The zero-order chi connectivity index (χ0) is 25.2. The lowest BCUT2D eigenvalue weighted by Crippen LogP contribution is -2.20. The Balaban J connectivity index is 1.64. The third-order valence-electron chi connectivity index (χ3n) is 5.56. The summed E-state index contributed by atoms with van der Waals surface area (Å²) < 4.78 is 25.2. The molecule has 0 atom stereocenters. The largest absolute Gasteiger partial charge is 0.284 e. The van der Waals surface area contributed by atoms with Gasteiger partial charge in [0, 0.05) is 16.6 Å². The van der Waals surface area contributed by atoms with Gasteiger partial charge in [-0.1, -0.05) is 48.0 Å². The smallest absolute Gasteiger partial charge is 0.272 e. The number of benzene rings is 3. The van der Waals surface area contributed by atoms with Crippen LogP contribution >= 0.6 is 0 Å². The van der Waals surface area contributed by atoms with Crippen molar-refractivity contribution in [2.75, 3.05) is 11.0 Å². The monoisotopic (exact) mass is 486 g/mol. The van der Waals surface area contributed by atoms with E-state index in [9.17, 15) is 13.2 Å². The molecule has 0 saturated carbocycles. The highest BCUT2D eigenvalue weighted by Crippen LogP contribution is 2.28. The first-order chi connectivity index (χ1) is 16.6. The minimum Gasteiger partial charge on any atom is -0.284 e. The molecule has 0 saturated heterocycles. The second kappa shape index (κ2) is 9.68. The number of carbonyl (C=O) groups is 1. The van der Waals surface area contributed by atoms with E-state index >= 15 is 0 Å². The Morgan fingerprint density at radius 1 is 0.943 bits per heavy atom. The Kier molecular flexibility index (Phi) is 6.66. The third kappa shape index (κ3) is 5.73. The Labute approximate surface area is 205 Å². The standard InChI is InChI=1S/C27H26N4O3S/c1-17-9-10-18(2)23(15-17)26-16-24(22-7-5-6-8-25(22)28-26)27(32)30-29-19(3)20-11-13-21(14-12-20)31-35(4,33)34/h5-16,31H,1-4H3,(H,30,32). The highest BCUT2D eigenvalue weighted by atomic mass is 32.2. The van der Waals surface area contributed by atoms with Crippen molar-refractivity contribution in [3.8, 4) is 11.3 Å². The zero-order valence-corrected chi connectivity index (χ0v) is 20.8. The summed E-state index contributed by atoms with van der Waals surface area (Å²) in [5.74, 6) is -0.343. The summed E-state index contributed by atoms with van der Waals surface area (Å²) in [7, 11) is -3.35. The molecule has 3 aromatic carbocycles. The van der Waals surface area contributed by atoms with Crippen molar-refractivity contribution in [3.63, 3.8) is 0 Å². The number of aryl methyl sites for hydroxylation is 2. The summed E-state index contributed by atoms with van der Waals surface area (Å²) in [5.41, 5.74) is 9.55. The van der Waals surface area contributed by atoms with Crippen LogP contribution in [0.25, 0.3) is 22.2 Å². The Bertz CT molecular complexity index is 1560. The number of amides is 1. The van der Waals surface area contributed by atoms with Crippen molar-refractivity contribution in [3.05, 3.63) is 95.1 Å². The number of aromatic nitrogens is 1. The molecule has 4 rings (SSSR count). The average Bonchev–Trinajstić information content (AvgIpc) is 2.82. The number of anilines is 1. The quantitative estimate of drug-likeness (QED) is 0.294. The van der Waals surface area contributed by atoms with E-state index in [1.165, 1.54) is 0 Å². The maximum absolute atomic E-state index is 13.2. The van der Waals surface area contributed by atoms with Crippen molar-refractivity contribution in [1.29, 1.82) is 0 Å². The van der Waals surface area contributed by atoms with Gasteiger partial charge in [-0.25, -0.2) is 18.8 Å². The molecular formula is C27H26N4O3S. The van der Waals surface area contributed by atoms with E-state index in [4.69, 9.17) is 4.98 Å². The van der Waals surface area contributed by atoms with Gasteiger partial charge >= 0.3 is 0 Å². The van der Waals surface area contributed by atoms with Crippen LogP contribution in [-0.4, -0.2) is 31.3 Å². The number of nitrogens with zero attached hydrogens (tertiary/aromatic N) is 2. The molecule has 4 aromatic rings. The Morgan fingerprint density at radius 2 is 1.66 bits per heavy atom. The number of pyridine rings is 1. The SMILES string of the molecule is CC(=NNC(=O)c1cc(-c2cc(C)ccc2C)nc2ccccc12)c1ccc(NS(C)(=O)=O)cc1. The molecule has 7 nitrogen and oxygen atoms in total. The van der Waals surface area contributed by atoms with Crippen LogP contribution in [0.1, 0.15) is 34.0 Å².